The first kappa shape index (κ1) is 11.0. The van der Waals surface area contributed by atoms with Gasteiger partial charge in [0.2, 0.25) is 0 Å². The number of hydrogen-bond acceptors (Lipinski definition) is 3. The maximum absolute atomic E-state index is 11.8. The van der Waals surface area contributed by atoms with Gasteiger partial charge in [-0.05, 0) is 29.8 Å². The standard InChI is InChI=1S/C13H9ClN2O2/c14-12-7-9(5-6-15-12)8-16-10-3-1-2-4-11(10)18-13(16)17/h1-7H,8H2. The molecule has 5 heteroatoms. The molecule has 2 aromatic heterocycles. The second kappa shape index (κ2) is 4.31. The van der Waals surface area contributed by atoms with E-state index in [0.717, 1.165) is 11.1 Å². The lowest BCUT2D eigenvalue weighted by Crippen LogP contribution is -2.14. The Morgan fingerprint density at radius 1 is 1.28 bits per heavy atom. The molecule has 1 aromatic carbocycles. The highest BCUT2D eigenvalue weighted by molar-refractivity contribution is 6.29. The predicted molar refractivity (Wildman–Crippen MR) is 68.8 cm³/mol. The molecule has 0 atom stereocenters. The van der Waals surface area contributed by atoms with Crippen molar-refractivity contribution < 1.29 is 4.42 Å². The van der Waals surface area contributed by atoms with Crippen LogP contribution < -0.4 is 5.76 Å². The minimum Gasteiger partial charge on any atom is -0.408 e. The highest BCUT2D eigenvalue weighted by Crippen LogP contribution is 2.14. The van der Waals surface area contributed by atoms with Gasteiger partial charge < -0.3 is 4.42 Å². The molecule has 0 aliphatic carbocycles. The van der Waals surface area contributed by atoms with Gasteiger partial charge in [-0.1, -0.05) is 23.7 Å². The molecule has 0 spiro atoms. The second-order valence-electron chi connectivity index (χ2n) is 3.91. The lowest BCUT2D eigenvalue weighted by Gasteiger charge is -2.02. The Kier molecular flexibility index (Phi) is 2.64. The normalized spacial score (nSPS) is 10.9. The first-order valence-corrected chi connectivity index (χ1v) is 5.80. The number of nitrogens with zero attached hydrogens (tertiary/aromatic N) is 2. The Bertz CT molecular complexity index is 761. The topological polar surface area (TPSA) is 48.0 Å². The summed E-state index contributed by atoms with van der Waals surface area (Å²) in [5.41, 5.74) is 2.27. The molecule has 3 aromatic rings. The molecular weight excluding hydrogens is 252 g/mol. The van der Waals surface area contributed by atoms with Crippen LogP contribution in [-0.4, -0.2) is 9.55 Å². The van der Waals surface area contributed by atoms with Gasteiger partial charge in [0.15, 0.2) is 5.58 Å². The SMILES string of the molecule is O=c1oc2ccccc2n1Cc1ccnc(Cl)c1. The van der Waals surface area contributed by atoms with Crippen LogP contribution in [0.2, 0.25) is 5.15 Å². The minimum absolute atomic E-state index is 0.371. The maximum atomic E-state index is 11.8. The Labute approximate surface area is 107 Å². The third-order valence-corrected chi connectivity index (χ3v) is 2.91. The van der Waals surface area contributed by atoms with Crippen LogP contribution in [-0.2, 0) is 6.54 Å². The molecule has 4 nitrogen and oxygen atoms in total. The molecular formula is C13H9ClN2O2. The molecule has 0 aliphatic heterocycles. The van der Waals surface area contributed by atoms with Crippen molar-refractivity contribution in [1.29, 1.82) is 0 Å². The van der Waals surface area contributed by atoms with Gasteiger partial charge in [-0.2, -0.15) is 0 Å². The number of benzene rings is 1. The van der Waals surface area contributed by atoms with Gasteiger partial charge in [-0.25, -0.2) is 9.78 Å². The number of pyridine rings is 1. The van der Waals surface area contributed by atoms with E-state index in [-0.39, 0.29) is 5.76 Å². The van der Waals surface area contributed by atoms with Gasteiger partial charge in [0, 0.05) is 6.20 Å². The monoisotopic (exact) mass is 260 g/mol. The van der Waals surface area contributed by atoms with Crippen molar-refractivity contribution in [2.75, 3.05) is 0 Å². The Morgan fingerprint density at radius 2 is 2.11 bits per heavy atom. The van der Waals surface area contributed by atoms with E-state index in [1.54, 1.807) is 22.9 Å². The highest BCUT2D eigenvalue weighted by atomic mass is 35.5. The van der Waals surface area contributed by atoms with Crippen molar-refractivity contribution in [3.05, 3.63) is 63.9 Å². The quantitative estimate of drug-likeness (QED) is 0.666. The lowest BCUT2D eigenvalue weighted by atomic mass is 10.2. The number of rotatable bonds is 2. The molecule has 18 heavy (non-hydrogen) atoms. The fourth-order valence-electron chi connectivity index (χ4n) is 1.89. The number of aromatic nitrogens is 2. The zero-order chi connectivity index (χ0) is 12.5. The van der Waals surface area contributed by atoms with Crippen LogP contribution in [0.1, 0.15) is 5.56 Å². The third kappa shape index (κ3) is 1.91. The number of para-hydroxylation sites is 2. The lowest BCUT2D eigenvalue weighted by molar-refractivity contribution is 0.517. The average molecular weight is 261 g/mol. The van der Waals surface area contributed by atoms with E-state index in [2.05, 4.69) is 4.98 Å². The van der Waals surface area contributed by atoms with Crippen LogP contribution >= 0.6 is 11.6 Å². The number of hydrogen-bond donors (Lipinski definition) is 0. The average Bonchev–Trinajstić information content (AvgIpc) is 2.66. The highest BCUT2D eigenvalue weighted by Gasteiger charge is 2.08. The van der Waals surface area contributed by atoms with E-state index in [1.165, 1.54) is 0 Å². The van der Waals surface area contributed by atoms with Crippen molar-refractivity contribution in [2.45, 2.75) is 6.54 Å². The number of oxazole rings is 1. The van der Waals surface area contributed by atoms with E-state index >= 15 is 0 Å². The molecule has 90 valence electrons. The van der Waals surface area contributed by atoms with E-state index < -0.39 is 0 Å². The first-order valence-electron chi connectivity index (χ1n) is 5.43. The summed E-state index contributed by atoms with van der Waals surface area (Å²) in [6.45, 7) is 0.415. The van der Waals surface area contributed by atoms with Crippen LogP contribution in [0.15, 0.2) is 51.8 Å². The van der Waals surface area contributed by atoms with Crippen molar-refractivity contribution in [3.63, 3.8) is 0 Å². The first-order chi connectivity index (χ1) is 8.74. The summed E-state index contributed by atoms with van der Waals surface area (Å²) >= 11 is 5.82. The number of fused-ring (bicyclic) bond motifs is 1. The van der Waals surface area contributed by atoms with Crippen molar-refractivity contribution in [3.8, 4) is 0 Å². The molecule has 3 rings (SSSR count). The van der Waals surface area contributed by atoms with Crippen LogP contribution in [0.25, 0.3) is 11.1 Å². The summed E-state index contributed by atoms with van der Waals surface area (Å²) in [7, 11) is 0. The molecule has 0 bridgehead atoms. The molecule has 0 saturated carbocycles. The van der Waals surface area contributed by atoms with E-state index in [9.17, 15) is 4.79 Å². The van der Waals surface area contributed by atoms with Crippen LogP contribution in [0, 0.1) is 0 Å². The Hall–Kier alpha value is -2.07. The Balaban J connectivity index is 2.10. The summed E-state index contributed by atoms with van der Waals surface area (Å²) in [4.78, 5) is 15.7. The van der Waals surface area contributed by atoms with Gasteiger partial charge in [-0.3, -0.25) is 4.57 Å². The molecule has 0 saturated heterocycles. The zero-order valence-electron chi connectivity index (χ0n) is 9.34. The van der Waals surface area contributed by atoms with Gasteiger partial charge >= 0.3 is 5.76 Å². The van der Waals surface area contributed by atoms with E-state index in [0.29, 0.717) is 17.3 Å². The predicted octanol–water partition coefficient (Wildman–Crippen LogP) is 2.69. The Morgan fingerprint density at radius 3 is 2.94 bits per heavy atom. The zero-order valence-corrected chi connectivity index (χ0v) is 10.1. The van der Waals surface area contributed by atoms with Gasteiger partial charge in [0.25, 0.3) is 0 Å². The van der Waals surface area contributed by atoms with Gasteiger partial charge in [-0.15, -0.1) is 0 Å². The largest absolute Gasteiger partial charge is 0.420 e. The third-order valence-electron chi connectivity index (χ3n) is 2.71. The van der Waals surface area contributed by atoms with Gasteiger partial charge in [0.1, 0.15) is 5.15 Å². The van der Waals surface area contributed by atoms with E-state index in [4.69, 9.17) is 16.0 Å². The summed E-state index contributed by atoms with van der Waals surface area (Å²) in [5.74, 6) is -0.371. The molecule has 0 N–H and O–H groups in total. The fourth-order valence-corrected chi connectivity index (χ4v) is 2.08. The summed E-state index contributed by atoms with van der Waals surface area (Å²) in [5, 5.41) is 0.411. The minimum atomic E-state index is -0.371. The number of halogens is 1. The molecule has 0 radical (unpaired) electrons. The van der Waals surface area contributed by atoms with Gasteiger partial charge in [0.05, 0.1) is 12.1 Å². The summed E-state index contributed by atoms with van der Waals surface area (Å²) in [6.07, 6.45) is 1.62. The van der Waals surface area contributed by atoms with E-state index in [1.807, 2.05) is 24.3 Å². The van der Waals surface area contributed by atoms with Crippen molar-refractivity contribution in [1.82, 2.24) is 9.55 Å². The maximum Gasteiger partial charge on any atom is 0.420 e. The summed E-state index contributed by atoms with van der Waals surface area (Å²) < 4.78 is 6.73. The van der Waals surface area contributed by atoms with Crippen LogP contribution in [0.5, 0.6) is 0 Å². The van der Waals surface area contributed by atoms with Crippen molar-refractivity contribution in [2.24, 2.45) is 0 Å². The molecule has 0 aliphatic rings. The smallest absolute Gasteiger partial charge is 0.408 e. The van der Waals surface area contributed by atoms with Crippen molar-refractivity contribution >= 4 is 22.7 Å². The molecule has 0 amide bonds. The van der Waals surface area contributed by atoms with Crippen LogP contribution in [0.3, 0.4) is 0 Å². The summed E-state index contributed by atoms with van der Waals surface area (Å²) in [6, 6.07) is 10.9. The fraction of sp³-hybridized carbons (Fsp3) is 0.0769. The molecule has 0 unspecified atom stereocenters. The second-order valence-corrected chi connectivity index (χ2v) is 4.30. The molecule has 0 fully saturated rings. The van der Waals surface area contributed by atoms with Crippen LogP contribution in [0.4, 0.5) is 0 Å². The molecule has 2 heterocycles.